The molecule has 0 heterocycles. The van der Waals surface area contributed by atoms with E-state index in [4.69, 9.17) is 5.11 Å². The van der Waals surface area contributed by atoms with Gasteiger partial charge in [-0.05, 0) is 31.7 Å². The maximum Gasteiger partial charge on any atom is 0.138 e. The first-order valence-corrected chi connectivity index (χ1v) is 5.77. The van der Waals surface area contributed by atoms with Gasteiger partial charge in [0.05, 0.1) is 11.7 Å². The molecule has 0 aromatic heterocycles. The molecule has 1 aromatic rings. The van der Waals surface area contributed by atoms with Crippen LogP contribution in [0, 0.1) is 17.7 Å². The van der Waals surface area contributed by atoms with Crippen LogP contribution in [-0.2, 0) is 6.54 Å². The highest BCUT2D eigenvalue weighted by atomic mass is 19.1. The Morgan fingerprint density at radius 1 is 1.44 bits per heavy atom. The van der Waals surface area contributed by atoms with Crippen LogP contribution >= 0.6 is 0 Å². The predicted molar refractivity (Wildman–Crippen MR) is 68.4 cm³/mol. The number of aliphatic hydroxyl groups is 2. The predicted octanol–water partition coefficient (Wildman–Crippen LogP) is 0.982. The first-order chi connectivity index (χ1) is 8.52. The monoisotopic (exact) mass is 251 g/mol. The summed E-state index contributed by atoms with van der Waals surface area (Å²) in [5, 5.41) is 17.9. The normalized spacial score (nSPS) is 12.1. The molecule has 2 N–H and O–H groups in total. The van der Waals surface area contributed by atoms with Crippen LogP contribution in [0.3, 0.4) is 0 Å². The standard InChI is InChI=1S/C14H18FNO2/c1-11(18)9-16(2)10-12-5-6-14(15)13(8-12)4-3-7-17/h5-6,8,11,17-18H,7,9-10H2,1-2H3. The van der Waals surface area contributed by atoms with Gasteiger partial charge in [0.1, 0.15) is 12.4 Å². The van der Waals surface area contributed by atoms with Gasteiger partial charge in [-0.15, -0.1) is 0 Å². The van der Waals surface area contributed by atoms with E-state index in [1.807, 2.05) is 11.9 Å². The molecule has 4 heteroatoms. The van der Waals surface area contributed by atoms with Crippen LogP contribution in [0.4, 0.5) is 4.39 Å². The minimum atomic E-state index is -0.399. The fourth-order valence-corrected chi connectivity index (χ4v) is 1.73. The Labute approximate surface area is 107 Å². The fourth-order valence-electron chi connectivity index (χ4n) is 1.73. The van der Waals surface area contributed by atoms with Gasteiger partial charge in [0.25, 0.3) is 0 Å². The number of likely N-dealkylation sites (N-methyl/N-ethyl adjacent to an activating group) is 1. The molecule has 0 saturated carbocycles. The first-order valence-electron chi connectivity index (χ1n) is 5.77. The Morgan fingerprint density at radius 2 is 2.17 bits per heavy atom. The lowest BCUT2D eigenvalue weighted by atomic mass is 10.1. The third-order valence-electron chi connectivity index (χ3n) is 2.36. The van der Waals surface area contributed by atoms with Gasteiger partial charge in [-0.3, -0.25) is 4.90 Å². The van der Waals surface area contributed by atoms with Gasteiger partial charge < -0.3 is 10.2 Å². The average molecular weight is 251 g/mol. The van der Waals surface area contributed by atoms with Gasteiger partial charge in [-0.25, -0.2) is 4.39 Å². The van der Waals surface area contributed by atoms with Gasteiger partial charge in [0, 0.05) is 13.1 Å². The van der Waals surface area contributed by atoms with Gasteiger partial charge >= 0.3 is 0 Å². The van der Waals surface area contributed by atoms with Gasteiger partial charge in [0.2, 0.25) is 0 Å². The summed E-state index contributed by atoms with van der Waals surface area (Å²) < 4.78 is 13.4. The van der Waals surface area contributed by atoms with E-state index in [0.717, 1.165) is 5.56 Å². The molecule has 3 nitrogen and oxygen atoms in total. The molecule has 0 radical (unpaired) electrons. The topological polar surface area (TPSA) is 43.7 Å². The van der Waals surface area contributed by atoms with Crippen LogP contribution in [0.5, 0.6) is 0 Å². The van der Waals surface area contributed by atoms with Crippen LogP contribution < -0.4 is 0 Å². The Balaban J connectivity index is 2.78. The molecule has 0 bridgehead atoms. The largest absolute Gasteiger partial charge is 0.392 e. The molecule has 18 heavy (non-hydrogen) atoms. The Hall–Kier alpha value is -1.41. The van der Waals surface area contributed by atoms with E-state index < -0.39 is 11.9 Å². The van der Waals surface area contributed by atoms with Crippen LogP contribution in [0.1, 0.15) is 18.1 Å². The number of nitrogens with zero attached hydrogens (tertiary/aromatic N) is 1. The van der Waals surface area contributed by atoms with Crippen LogP contribution in [0.15, 0.2) is 18.2 Å². The summed E-state index contributed by atoms with van der Waals surface area (Å²) in [5.41, 5.74) is 1.20. The Kier molecular flexibility index (Phi) is 5.79. The summed E-state index contributed by atoms with van der Waals surface area (Å²) >= 11 is 0. The van der Waals surface area contributed by atoms with Gasteiger partial charge in [-0.1, -0.05) is 17.9 Å². The highest BCUT2D eigenvalue weighted by Crippen LogP contribution is 2.11. The number of rotatable bonds is 4. The molecule has 1 aromatic carbocycles. The number of hydrogen-bond acceptors (Lipinski definition) is 3. The smallest absolute Gasteiger partial charge is 0.138 e. The number of hydrogen-bond donors (Lipinski definition) is 2. The molecule has 0 amide bonds. The summed E-state index contributed by atoms with van der Waals surface area (Å²) in [4.78, 5) is 1.95. The van der Waals surface area contributed by atoms with Crippen LogP contribution in [0.25, 0.3) is 0 Å². The summed E-state index contributed by atoms with van der Waals surface area (Å²) in [7, 11) is 1.88. The molecular formula is C14H18FNO2. The zero-order chi connectivity index (χ0) is 13.5. The van der Waals surface area contributed by atoms with E-state index in [2.05, 4.69) is 11.8 Å². The molecular weight excluding hydrogens is 233 g/mol. The minimum Gasteiger partial charge on any atom is -0.392 e. The molecule has 0 aliphatic rings. The third-order valence-corrected chi connectivity index (χ3v) is 2.36. The molecule has 0 saturated heterocycles. The highest BCUT2D eigenvalue weighted by Gasteiger charge is 2.06. The highest BCUT2D eigenvalue weighted by molar-refractivity contribution is 5.38. The lowest BCUT2D eigenvalue weighted by Crippen LogP contribution is -2.26. The summed E-state index contributed by atoms with van der Waals surface area (Å²) in [6.45, 7) is 2.60. The van der Waals surface area contributed by atoms with E-state index in [1.165, 1.54) is 6.07 Å². The lowest BCUT2D eigenvalue weighted by Gasteiger charge is -2.18. The molecule has 1 atom stereocenters. The van der Waals surface area contributed by atoms with Crippen molar-refractivity contribution in [2.24, 2.45) is 0 Å². The summed E-state index contributed by atoms with van der Waals surface area (Å²) in [5.74, 6) is 4.61. The Morgan fingerprint density at radius 3 is 2.78 bits per heavy atom. The van der Waals surface area contributed by atoms with Crippen molar-refractivity contribution in [3.05, 3.63) is 35.1 Å². The maximum atomic E-state index is 13.4. The van der Waals surface area contributed by atoms with Crippen molar-refractivity contribution in [3.63, 3.8) is 0 Å². The zero-order valence-electron chi connectivity index (χ0n) is 10.7. The van der Waals surface area contributed by atoms with Crippen molar-refractivity contribution >= 4 is 0 Å². The first kappa shape index (κ1) is 14.7. The molecule has 0 aliphatic carbocycles. The average Bonchev–Trinajstić information content (AvgIpc) is 2.28. The van der Waals surface area contributed by atoms with Gasteiger partial charge in [-0.2, -0.15) is 0 Å². The SMILES string of the molecule is CC(O)CN(C)Cc1ccc(F)c(C#CCO)c1. The summed E-state index contributed by atoms with van der Waals surface area (Å²) in [6, 6.07) is 4.72. The van der Waals surface area contributed by atoms with Crippen molar-refractivity contribution in [3.8, 4) is 11.8 Å². The fraction of sp³-hybridized carbons (Fsp3) is 0.429. The van der Waals surface area contributed by atoms with Crippen molar-refractivity contribution in [1.29, 1.82) is 0 Å². The van der Waals surface area contributed by atoms with E-state index in [9.17, 15) is 9.50 Å². The molecule has 0 aliphatic heterocycles. The zero-order valence-corrected chi connectivity index (χ0v) is 10.7. The summed E-state index contributed by atoms with van der Waals surface area (Å²) in [6.07, 6.45) is -0.399. The quantitative estimate of drug-likeness (QED) is 0.784. The molecule has 0 fully saturated rings. The van der Waals surface area contributed by atoms with Crippen molar-refractivity contribution in [2.45, 2.75) is 19.6 Å². The second kappa shape index (κ2) is 7.12. The third kappa shape index (κ3) is 4.84. The van der Waals surface area contributed by atoms with E-state index in [1.54, 1.807) is 19.1 Å². The van der Waals surface area contributed by atoms with Crippen molar-refractivity contribution < 1.29 is 14.6 Å². The van der Waals surface area contributed by atoms with E-state index in [-0.39, 0.29) is 12.2 Å². The number of halogens is 1. The maximum absolute atomic E-state index is 13.4. The molecule has 98 valence electrons. The van der Waals surface area contributed by atoms with E-state index in [0.29, 0.717) is 13.1 Å². The second-order valence-corrected chi connectivity index (χ2v) is 4.32. The van der Waals surface area contributed by atoms with Crippen molar-refractivity contribution in [1.82, 2.24) is 4.90 Å². The van der Waals surface area contributed by atoms with Gasteiger partial charge in [0.15, 0.2) is 0 Å². The molecule has 0 spiro atoms. The Bertz CT molecular complexity index is 449. The molecule has 1 unspecified atom stereocenters. The lowest BCUT2D eigenvalue weighted by molar-refractivity contribution is 0.138. The second-order valence-electron chi connectivity index (χ2n) is 4.32. The minimum absolute atomic E-state index is 0.284. The molecule has 1 rings (SSSR count). The number of benzene rings is 1. The van der Waals surface area contributed by atoms with Crippen molar-refractivity contribution in [2.75, 3.05) is 20.2 Å². The van der Waals surface area contributed by atoms with E-state index >= 15 is 0 Å². The number of aliphatic hydroxyl groups excluding tert-OH is 2. The van der Waals surface area contributed by atoms with Crippen LogP contribution in [-0.4, -0.2) is 41.4 Å². The van der Waals surface area contributed by atoms with Crippen LogP contribution in [0.2, 0.25) is 0 Å².